The van der Waals surface area contributed by atoms with Crippen LogP contribution in [0.15, 0.2) is 52.5 Å². The normalized spacial score (nSPS) is 11.4. The largest absolute Gasteiger partial charge is 0.359 e. The lowest BCUT2D eigenvalue weighted by molar-refractivity contribution is 0.101. The van der Waals surface area contributed by atoms with Gasteiger partial charge in [0.2, 0.25) is 5.78 Å². The Morgan fingerprint density at radius 1 is 1.19 bits per heavy atom. The van der Waals surface area contributed by atoms with E-state index in [1.54, 1.807) is 22.9 Å². The van der Waals surface area contributed by atoms with E-state index in [1.807, 2.05) is 35.6 Å². The molecule has 0 unspecified atom stereocenters. The Bertz CT molecular complexity index is 1140. The summed E-state index contributed by atoms with van der Waals surface area (Å²) >= 11 is 1.31. The number of Topliss-reactive ketones (excluding diaryl/α,β-unsaturated/α-hetero) is 1. The first-order valence-corrected chi connectivity index (χ1v) is 9.35. The van der Waals surface area contributed by atoms with Crippen LogP contribution in [0.4, 0.5) is 0 Å². The van der Waals surface area contributed by atoms with E-state index in [2.05, 4.69) is 15.2 Å². The average molecular weight is 367 g/mol. The quantitative estimate of drug-likeness (QED) is 0.418. The van der Waals surface area contributed by atoms with Crippen molar-refractivity contribution in [2.75, 3.05) is 5.75 Å². The number of ketones is 1. The number of carbonyl (C=O) groups excluding carboxylic acids is 1. The van der Waals surface area contributed by atoms with E-state index in [1.165, 1.54) is 11.8 Å². The lowest BCUT2D eigenvalue weighted by Crippen LogP contribution is -2.23. The van der Waals surface area contributed by atoms with E-state index < -0.39 is 0 Å². The van der Waals surface area contributed by atoms with Gasteiger partial charge in [0.25, 0.3) is 5.56 Å². The van der Waals surface area contributed by atoms with Gasteiger partial charge in [0.05, 0.1) is 22.3 Å². The number of nitrogens with one attached hydrogen (secondary N) is 1. The number of hydrogen-bond acceptors (Lipinski definition) is 5. The predicted octanol–water partition coefficient (Wildman–Crippen LogP) is 2.76. The molecule has 0 saturated heterocycles. The van der Waals surface area contributed by atoms with Crippen LogP contribution in [-0.4, -0.2) is 35.7 Å². The highest BCUT2D eigenvalue weighted by atomic mass is 32.2. The van der Waals surface area contributed by atoms with Crippen LogP contribution in [-0.2, 0) is 6.54 Å². The highest BCUT2D eigenvalue weighted by molar-refractivity contribution is 7.99. The summed E-state index contributed by atoms with van der Waals surface area (Å²) in [5.41, 5.74) is 1.25. The summed E-state index contributed by atoms with van der Waals surface area (Å²) < 4.78 is 3.51. The lowest BCUT2D eigenvalue weighted by Gasteiger charge is -2.10. The van der Waals surface area contributed by atoms with E-state index >= 15 is 0 Å². The van der Waals surface area contributed by atoms with Gasteiger partial charge < -0.3 is 4.98 Å². The van der Waals surface area contributed by atoms with Gasteiger partial charge in [-0.1, -0.05) is 30.8 Å². The Morgan fingerprint density at radius 3 is 2.81 bits per heavy atom. The van der Waals surface area contributed by atoms with Gasteiger partial charge in [-0.15, -0.1) is 10.2 Å². The van der Waals surface area contributed by atoms with E-state index in [-0.39, 0.29) is 17.1 Å². The molecular formula is C18H17N5O2S. The van der Waals surface area contributed by atoms with Gasteiger partial charge >= 0.3 is 0 Å². The van der Waals surface area contributed by atoms with Gasteiger partial charge in [0, 0.05) is 12.7 Å². The Kier molecular flexibility index (Phi) is 4.34. The molecule has 26 heavy (non-hydrogen) atoms. The highest BCUT2D eigenvalue weighted by Crippen LogP contribution is 2.22. The molecule has 0 atom stereocenters. The molecule has 0 bridgehead atoms. The minimum absolute atomic E-state index is 0.0112. The monoisotopic (exact) mass is 367 g/mol. The van der Waals surface area contributed by atoms with Crippen molar-refractivity contribution in [2.45, 2.75) is 25.0 Å². The Hall–Kier alpha value is -2.87. The summed E-state index contributed by atoms with van der Waals surface area (Å²) in [4.78, 5) is 28.0. The first-order chi connectivity index (χ1) is 12.7. The van der Waals surface area contributed by atoms with Gasteiger partial charge in [-0.25, -0.2) is 0 Å². The molecule has 4 aromatic rings. The SMILES string of the molecule is CCCn1c(=O)c2ccccc2n2c(SCC(=O)c3ccc[nH]3)nnc12. The summed E-state index contributed by atoms with van der Waals surface area (Å²) in [6.45, 7) is 2.58. The van der Waals surface area contributed by atoms with E-state index in [9.17, 15) is 9.59 Å². The molecule has 0 saturated carbocycles. The fraction of sp³-hybridized carbons (Fsp3) is 0.222. The predicted molar refractivity (Wildman–Crippen MR) is 101 cm³/mol. The van der Waals surface area contributed by atoms with Crippen molar-refractivity contribution >= 4 is 34.2 Å². The molecule has 1 aromatic carbocycles. The molecule has 0 radical (unpaired) electrons. The second-order valence-corrected chi connectivity index (χ2v) is 6.83. The van der Waals surface area contributed by atoms with Crippen LogP contribution in [0.25, 0.3) is 16.7 Å². The number of aromatic nitrogens is 5. The van der Waals surface area contributed by atoms with Crippen LogP contribution in [0, 0.1) is 0 Å². The van der Waals surface area contributed by atoms with Crippen molar-refractivity contribution in [1.29, 1.82) is 0 Å². The van der Waals surface area contributed by atoms with E-state index in [4.69, 9.17) is 0 Å². The van der Waals surface area contributed by atoms with E-state index in [0.29, 0.717) is 28.6 Å². The Balaban J connectivity index is 1.81. The number of aromatic amines is 1. The van der Waals surface area contributed by atoms with Crippen LogP contribution in [0.5, 0.6) is 0 Å². The Labute approximate surface area is 153 Å². The van der Waals surface area contributed by atoms with Gasteiger partial charge in [-0.2, -0.15) is 0 Å². The van der Waals surface area contributed by atoms with Crippen molar-refractivity contribution in [2.24, 2.45) is 0 Å². The number of thioether (sulfide) groups is 1. The molecule has 0 aliphatic carbocycles. The van der Waals surface area contributed by atoms with Gasteiger partial charge in [-0.3, -0.25) is 18.6 Å². The van der Waals surface area contributed by atoms with Crippen molar-refractivity contribution in [3.05, 3.63) is 58.6 Å². The lowest BCUT2D eigenvalue weighted by atomic mass is 10.2. The van der Waals surface area contributed by atoms with Crippen LogP contribution in [0.1, 0.15) is 23.8 Å². The molecule has 8 heteroatoms. The molecule has 0 aliphatic rings. The summed E-state index contributed by atoms with van der Waals surface area (Å²) in [5, 5.41) is 9.68. The third-order valence-electron chi connectivity index (χ3n) is 4.16. The Morgan fingerprint density at radius 2 is 2.04 bits per heavy atom. The molecule has 0 spiro atoms. The number of nitrogens with zero attached hydrogens (tertiary/aromatic N) is 4. The molecule has 3 heterocycles. The molecule has 3 aromatic heterocycles. The minimum Gasteiger partial charge on any atom is -0.359 e. The molecule has 132 valence electrons. The first kappa shape index (κ1) is 16.6. The number of aryl methyl sites for hydroxylation is 1. The second kappa shape index (κ2) is 6.80. The summed E-state index contributed by atoms with van der Waals surface area (Å²) in [5.74, 6) is 0.732. The fourth-order valence-electron chi connectivity index (χ4n) is 2.96. The van der Waals surface area contributed by atoms with Gasteiger partial charge in [0.1, 0.15) is 0 Å². The summed E-state index contributed by atoms with van der Waals surface area (Å²) in [6.07, 6.45) is 2.54. The standard InChI is InChI=1S/C18H17N5O2S/c1-2-10-22-16(25)12-6-3-4-8-14(12)23-17(22)20-21-18(23)26-11-15(24)13-7-5-9-19-13/h3-9,19H,2,10-11H2,1H3. The van der Waals surface area contributed by atoms with Crippen molar-refractivity contribution < 1.29 is 4.79 Å². The minimum atomic E-state index is -0.0682. The number of fused-ring (bicyclic) bond motifs is 3. The maximum Gasteiger partial charge on any atom is 0.262 e. The van der Waals surface area contributed by atoms with Crippen molar-refractivity contribution in [1.82, 2.24) is 24.1 Å². The molecule has 0 amide bonds. The third kappa shape index (κ3) is 2.72. The topological polar surface area (TPSA) is 85.0 Å². The van der Waals surface area contributed by atoms with E-state index in [0.717, 1.165) is 11.9 Å². The fourth-order valence-corrected chi connectivity index (χ4v) is 3.79. The molecule has 4 rings (SSSR count). The van der Waals surface area contributed by atoms with Crippen LogP contribution < -0.4 is 5.56 Å². The second-order valence-electron chi connectivity index (χ2n) is 5.89. The van der Waals surface area contributed by atoms with Crippen LogP contribution >= 0.6 is 11.8 Å². The first-order valence-electron chi connectivity index (χ1n) is 8.36. The maximum absolute atomic E-state index is 12.8. The maximum atomic E-state index is 12.8. The average Bonchev–Trinajstić information content (AvgIpc) is 3.33. The van der Waals surface area contributed by atoms with Gasteiger partial charge in [-0.05, 0) is 30.7 Å². The molecular weight excluding hydrogens is 350 g/mol. The number of hydrogen-bond donors (Lipinski definition) is 1. The van der Waals surface area contributed by atoms with Gasteiger partial charge in [0.15, 0.2) is 10.9 Å². The number of carbonyl (C=O) groups is 1. The molecule has 1 N–H and O–H groups in total. The number of H-pyrrole nitrogens is 1. The third-order valence-corrected chi connectivity index (χ3v) is 5.09. The highest BCUT2D eigenvalue weighted by Gasteiger charge is 2.17. The van der Waals surface area contributed by atoms with Crippen molar-refractivity contribution in [3.8, 4) is 0 Å². The zero-order valence-corrected chi connectivity index (χ0v) is 15.0. The summed E-state index contributed by atoms with van der Waals surface area (Å²) in [7, 11) is 0. The van der Waals surface area contributed by atoms with Crippen LogP contribution in [0.2, 0.25) is 0 Å². The zero-order valence-electron chi connectivity index (χ0n) is 14.2. The zero-order chi connectivity index (χ0) is 18.1. The molecule has 0 aliphatic heterocycles. The number of rotatable bonds is 6. The number of para-hydroxylation sites is 1. The summed E-state index contributed by atoms with van der Waals surface area (Å²) in [6, 6.07) is 10.9. The number of benzene rings is 1. The van der Waals surface area contributed by atoms with Crippen molar-refractivity contribution in [3.63, 3.8) is 0 Å². The smallest absolute Gasteiger partial charge is 0.262 e. The molecule has 0 fully saturated rings. The molecule has 7 nitrogen and oxygen atoms in total. The van der Waals surface area contributed by atoms with Crippen LogP contribution in [0.3, 0.4) is 0 Å².